The summed E-state index contributed by atoms with van der Waals surface area (Å²) in [5.41, 5.74) is 0.437. The van der Waals surface area contributed by atoms with Crippen LogP contribution in [0.4, 0.5) is 0 Å². The van der Waals surface area contributed by atoms with E-state index in [9.17, 15) is 13.2 Å². The summed E-state index contributed by atoms with van der Waals surface area (Å²) in [5, 5.41) is 0.994. The van der Waals surface area contributed by atoms with Crippen molar-refractivity contribution in [3.05, 3.63) is 46.3 Å². The van der Waals surface area contributed by atoms with Crippen molar-refractivity contribution >= 4 is 39.0 Å². The molecule has 1 saturated carbocycles. The number of hydrogen-bond donors (Lipinski definition) is 0. The van der Waals surface area contributed by atoms with E-state index in [4.69, 9.17) is 23.2 Å². The molecule has 2 aliphatic rings. The third kappa shape index (κ3) is 5.30. The predicted molar refractivity (Wildman–Crippen MR) is 129 cm³/mol. The van der Waals surface area contributed by atoms with Crippen molar-refractivity contribution in [3.8, 4) is 0 Å². The lowest BCUT2D eigenvalue weighted by Crippen LogP contribution is -2.58. The van der Waals surface area contributed by atoms with E-state index in [2.05, 4.69) is 9.88 Å². The zero-order valence-corrected chi connectivity index (χ0v) is 21.2. The van der Waals surface area contributed by atoms with Crippen LogP contribution < -0.4 is 0 Å². The molecule has 10 heteroatoms. The Morgan fingerprint density at radius 3 is 2.39 bits per heavy atom. The van der Waals surface area contributed by atoms with Gasteiger partial charge in [0.05, 0.1) is 11.3 Å². The van der Waals surface area contributed by atoms with Crippen LogP contribution in [0.15, 0.2) is 35.7 Å². The maximum atomic E-state index is 13.0. The second-order valence-corrected chi connectivity index (χ2v) is 11.8. The van der Waals surface area contributed by atoms with Gasteiger partial charge in [-0.1, -0.05) is 42.5 Å². The highest BCUT2D eigenvalue weighted by Gasteiger charge is 2.41. The molecule has 1 aromatic carbocycles. The molecule has 1 saturated heterocycles. The highest BCUT2D eigenvalue weighted by atomic mass is 35.5. The fourth-order valence-electron chi connectivity index (χ4n) is 5.19. The molecule has 0 atom stereocenters. The number of carbonyl (C=O) groups is 1. The van der Waals surface area contributed by atoms with E-state index >= 15 is 0 Å². The lowest BCUT2D eigenvalue weighted by atomic mass is 9.76. The number of rotatable bonds is 7. The van der Waals surface area contributed by atoms with Gasteiger partial charge in [0, 0.05) is 62.0 Å². The average molecular weight is 513 g/mol. The second-order valence-electron chi connectivity index (χ2n) is 9.10. The van der Waals surface area contributed by atoms with E-state index < -0.39 is 10.0 Å². The predicted octanol–water partition coefficient (Wildman–Crippen LogP) is 4.40. The molecule has 1 aliphatic carbocycles. The van der Waals surface area contributed by atoms with Gasteiger partial charge in [-0.15, -0.1) is 0 Å². The first-order valence-corrected chi connectivity index (χ1v) is 13.6. The number of halogens is 2. The van der Waals surface area contributed by atoms with E-state index in [1.54, 1.807) is 29.8 Å². The Labute approximate surface area is 205 Å². The summed E-state index contributed by atoms with van der Waals surface area (Å²) in [4.78, 5) is 19.4. The third-order valence-corrected chi connectivity index (χ3v) is 9.36. The molecule has 0 bridgehead atoms. The Morgan fingerprint density at radius 2 is 1.79 bits per heavy atom. The summed E-state index contributed by atoms with van der Waals surface area (Å²) < 4.78 is 29.1. The highest BCUT2D eigenvalue weighted by molar-refractivity contribution is 7.89. The minimum absolute atomic E-state index is 0.0259. The van der Waals surface area contributed by atoms with Crippen molar-refractivity contribution in [2.75, 3.05) is 26.2 Å². The van der Waals surface area contributed by atoms with Crippen molar-refractivity contribution in [3.63, 3.8) is 0 Å². The first kappa shape index (κ1) is 24.7. The summed E-state index contributed by atoms with van der Waals surface area (Å²) >= 11 is 12.2. The van der Waals surface area contributed by atoms with E-state index in [1.807, 2.05) is 0 Å². The maximum absolute atomic E-state index is 13.0. The van der Waals surface area contributed by atoms with Crippen LogP contribution >= 0.6 is 23.2 Å². The Hall–Kier alpha value is -1.45. The van der Waals surface area contributed by atoms with Gasteiger partial charge in [0.15, 0.2) is 10.8 Å². The Morgan fingerprint density at radius 1 is 1.09 bits per heavy atom. The van der Waals surface area contributed by atoms with Crippen LogP contribution in [0.1, 0.15) is 55.3 Å². The fourth-order valence-corrected chi connectivity index (χ4v) is 7.09. The number of benzene rings is 1. The molecule has 2 aromatic rings. The van der Waals surface area contributed by atoms with Crippen LogP contribution in [0.25, 0.3) is 0 Å². The lowest BCUT2D eigenvalue weighted by Gasteiger charge is -2.49. The van der Waals surface area contributed by atoms with Gasteiger partial charge in [-0.25, -0.2) is 13.4 Å². The number of aromatic nitrogens is 2. The number of nitrogens with zero attached hydrogens (tertiary/aromatic N) is 4. The lowest BCUT2D eigenvalue weighted by molar-refractivity contribution is 0.0165. The van der Waals surface area contributed by atoms with Gasteiger partial charge in [0.1, 0.15) is 0 Å². The van der Waals surface area contributed by atoms with Crippen LogP contribution in [-0.2, 0) is 17.1 Å². The molecule has 2 heterocycles. The molecular formula is C23H30Cl2N4O3S. The molecule has 0 unspecified atom stereocenters. The zero-order valence-electron chi connectivity index (χ0n) is 18.8. The molecule has 1 aromatic heterocycles. The topological polar surface area (TPSA) is 75.5 Å². The maximum Gasteiger partial charge on any atom is 0.262 e. The zero-order chi connectivity index (χ0) is 23.6. The van der Waals surface area contributed by atoms with Crippen LogP contribution in [0, 0.1) is 0 Å². The third-order valence-electron chi connectivity index (χ3n) is 7.03. The molecule has 0 radical (unpaired) electrons. The Bertz CT molecular complexity index is 1100. The van der Waals surface area contributed by atoms with Crippen LogP contribution in [-0.4, -0.2) is 64.7 Å². The minimum Gasteiger partial charge on any atom is -0.339 e. The number of aryl methyl sites for hydroxylation is 1. The summed E-state index contributed by atoms with van der Waals surface area (Å²) in [6.45, 7) is 2.17. The highest BCUT2D eigenvalue weighted by Crippen LogP contribution is 2.39. The largest absolute Gasteiger partial charge is 0.339 e. The van der Waals surface area contributed by atoms with E-state index in [0.717, 1.165) is 32.1 Å². The van der Waals surface area contributed by atoms with Crippen LogP contribution in [0.2, 0.25) is 10.0 Å². The molecule has 1 aliphatic heterocycles. The van der Waals surface area contributed by atoms with E-state index in [1.165, 1.54) is 23.3 Å². The SMILES string of the molecule is Cn1cnc(S(=O)(=O)N2CCN(C3(CCC(=O)c4ccc(Cl)cc4Cl)CCCCC3)CC2)c1. The summed E-state index contributed by atoms with van der Waals surface area (Å²) in [5.74, 6) is 0.0259. The number of imidazole rings is 1. The van der Waals surface area contributed by atoms with Crippen molar-refractivity contribution in [1.29, 1.82) is 0 Å². The standard InChI is InChI=1S/C23H30Cl2N4O3S/c1-27-16-22(26-17-27)33(31,32)29-13-11-28(12-14-29)23(8-3-2-4-9-23)10-7-21(30)19-6-5-18(24)15-20(19)25/h5-6,15-17H,2-4,7-14H2,1H3. The second kappa shape index (κ2) is 10.0. The van der Waals surface area contributed by atoms with E-state index in [0.29, 0.717) is 48.2 Å². The minimum atomic E-state index is -3.59. The van der Waals surface area contributed by atoms with Crippen molar-refractivity contribution < 1.29 is 13.2 Å². The molecular weight excluding hydrogens is 483 g/mol. The summed E-state index contributed by atoms with van der Waals surface area (Å²) in [6, 6.07) is 4.99. The molecule has 0 spiro atoms. The van der Waals surface area contributed by atoms with Crippen molar-refractivity contribution in [2.45, 2.75) is 55.5 Å². The number of Topliss-reactive ketones (excluding diaryl/α,β-unsaturated/α-hetero) is 1. The number of sulfonamides is 1. The fraction of sp³-hybridized carbons (Fsp3) is 0.565. The van der Waals surface area contributed by atoms with Crippen LogP contribution in [0.5, 0.6) is 0 Å². The van der Waals surface area contributed by atoms with Gasteiger partial charge in [0.2, 0.25) is 0 Å². The van der Waals surface area contributed by atoms with Crippen LogP contribution in [0.3, 0.4) is 0 Å². The van der Waals surface area contributed by atoms with E-state index in [-0.39, 0.29) is 16.3 Å². The molecule has 0 N–H and O–H groups in total. The molecule has 2 fully saturated rings. The van der Waals surface area contributed by atoms with Crippen molar-refractivity contribution in [1.82, 2.24) is 18.8 Å². The van der Waals surface area contributed by atoms with Gasteiger partial charge >= 0.3 is 0 Å². The average Bonchev–Trinajstić information content (AvgIpc) is 3.25. The normalized spacial score (nSPS) is 20.1. The Kier molecular flexibility index (Phi) is 7.50. The number of piperazine rings is 1. The van der Waals surface area contributed by atoms with Gasteiger partial charge in [-0.05, 0) is 37.5 Å². The Balaban J connectivity index is 1.44. The first-order valence-electron chi connectivity index (χ1n) is 11.4. The van der Waals surface area contributed by atoms with Gasteiger partial charge < -0.3 is 4.57 Å². The van der Waals surface area contributed by atoms with Gasteiger partial charge in [-0.2, -0.15) is 4.31 Å². The number of hydrogen-bond acceptors (Lipinski definition) is 5. The summed E-state index contributed by atoms with van der Waals surface area (Å²) in [6.07, 6.45) is 9.72. The molecule has 33 heavy (non-hydrogen) atoms. The van der Waals surface area contributed by atoms with Gasteiger partial charge in [-0.3, -0.25) is 9.69 Å². The monoisotopic (exact) mass is 512 g/mol. The molecule has 0 amide bonds. The quantitative estimate of drug-likeness (QED) is 0.513. The summed E-state index contributed by atoms with van der Waals surface area (Å²) in [7, 11) is -1.83. The first-order chi connectivity index (χ1) is 15.7. The number of ketones is 1. The van der Waals surface area contributed by atoms with Crippen molar-refractivity contribution in [2.24, 2.45) is 7.05 Å². The molecule has 4 rings (SSSR count). The molecule has 180 valence electrons. The van der Waals surface area contributed by atoms with Gasteiger partial charge in [0.25, 0.3) is 10.0 Å². The number of carbonyl (C=O) groups excluding carboxylic acids is 1. The smallest absolute Gasteiger partial charge is 0.262 e. The molecule has 7 nitrogen and oxygen atoms in total.